The van der Waals surface area contributed by atoms with Crippen molar-refractivity contribution in [3.63, 3.8) is 0 Å². The summed E-state index contributed by atoms with van der Waals surface area (Å²) in [6, 6.07) is 7.81. The van der Waals surface area contributed by atoms with Crippen LogP contribution in [0.25, 0.3) is 0 Å². The molecule has 2 aliphatic rings. The number of halogens is 1. The highest BCUT2D eigenvalue weighted by Gasteiger charge is 2.40. The van der Waals surface area contributed by atoms with Gasteiger partial charge >= 0.3 is 0 Å². The molecule has 132 valence electrons. The van der Waals surface area contributed by atoms with Gasteiger partial charge in [-0.2, -0.15) is 0 Å². The number of benzene rings is 1. The number of para-hydroxylation sites is 1. The first-order valence-electron chi connectivity index (χ1n) is 9.05. The Kier molecular flexibility index (Phi) is 5.67. The van der Waals surface area contributed by atoms with Crippen molar-refractivity contribution in [2.45, 2.75) is 63.6 Å². The van der Waals surface area contributed by atoms with Crippen LogP contribution in [0.4, 0.5) is 0 Å². The van der Waals surface area contributed by atoms with Gasteiger partial charge < -0.3 is 15.8 Å². The molecule has 0 aliphatic heterocycles. The highest BCUT2D eigenvalue weighted by Crippen LogP contribution is 2.39. The fraction of sp³-hybridized carbons (Fsp3) is 0.632. The normalized spacial score (nSPS) is 30.5. The Balaban J connectivity index is 1.65. The maximum atomic E-state index is 12.8. The lowest BCUT2D eigenvalue weighted by Crippen LogP contribution is -2.56. The van der Waals surface area contributed by atoms with Crippen molar-refractivity contribution in [1.82, 2.24) is 5.32 Å². The van der Waals surface area contributed by atoms with Gasteiger partial charge in [-0.1, -0.05) is 37.1 Å². The van der Waals surface area contributed by atoms with E-state index in [4.69, 9.17) is 22.1 Å². The summed E-state index contributed by atoms with van der Waals surface area (Å²) in [7, 11) is 0. The molecule has 1 aromatic rings. The maximum Gasteiger partial charge on any atom is 0.261 e. The van der Waals surface area contributed by atoms with E-state index in [0.717, 1.165) is 25.7 Å². The summed E-state index contributed by atoms with van der Waals surface area (Å²) in [6.07, 6.45) is 5.71. The van der Waals surface area contributed by atoms with Crippen molar-refractivity contribution >= 4 is 17.5 Å². The number of nitrogens with two attached hydrogens (primary N) is 1. The minimum Gasteiger partial charge on any atom is -0.479 e. The second kappa shape index (κ2) is 7.75. The molecular weight excluding hydrogens is 324 g/mol. The number of hydrogen-bond donors (Lipinski definition) is 2. The predicted molar refractivity (Wildman–Crippen MR) is 96.1 cm³/mol. The first-order valence-corrected chi connectivity index (χ1v) is 9.43. The molecule has 3 rings (SSSR count). The zero-order valence-corrected chi connectivity index (χ0v) is 15.0. The molecule has 3 unspecified atom stereocenters. The van der Waals surface area contributed by atoms with Crippen molar-refractivity contribution in [1.29, 1.82) is 0 Å². The number of ether oxygens (including phenoxy) is 1. The Bertz CT molecular complexity index is 566. The van der Waals surface area contributed by atoms with Crippen LogP contribution in [0.5, 0.6) is 5.75 Å². The molecule has 24 heavy (non-hydrogen) atoms. The second-order valence-electron chi connectivity index (χ2n) is 7.16. The summed E-state index contributed by atoms with van der Waals surface area (Å²) in [4.78, 5) is 12.8. The van der Waals surface area contributed by atoms with E-state index in [0.29, 0.717) is 29.0 Å². The molecule has 0 radical (unpaired) electrons. The number of nitrogens with one attached hydrogen (secondary N) is 1. The Labute approximate surface area is 149 Å². The van der Waals surface area contributed by atoms with E-state index < -0.39 is 6.10 Å². The lowest BCUT2D eigenvalue weighted by atomic mass is 9.67. The van der Waals surface area contributed by atoms with E-state index >= 15 is 0 Å². The smallest absolute Gasteiger partial charge is 0.261 e. The van der Waals surface area contributed by atoms with Gasteiger partial charge in [-0.15, -0.1) is 0 Å². The van der Waals surface area contributed by atoms with E-state index in [2.05, 4.69) is 5.32 Å². The molecule has 2 bridgehead atoms. The largest absolute Gasteiger partial charge is 0.479 e. The van der Waals surface area contributed by atoms with Crippen LogP contribution < -0.4 is 15.8 Å². The average molecular weight is 351 g/mol. The van der Waals surface area contributed by atoms with Gasteiger partial charge in [0.15, 0.2) is 6.10 Å². The molecular formula is C19H27ClN2O2. The predicted octanol–water partition coefficient (Wildman–Crippen LogP) is 3.52. The molecule has 0 saturated heterocycles. The summed E-state index contributed by atoms with van der Waals surface area (Å²) >= 11 is 6.15. The van der Waals surface area contributed by atoms with E-state index in [1.165, 1.54) is 6.42 Å². The summed E-state index contributed by atoms with van der Waals surface area (Å²) in [5.41, 5.74) is 6.17. The first kappa shape index (κ1) is 17.6. The van der Waals surface area contributed by atoms with Crippen LogP contribution in [0.2, 0.25) is 5.02 Å². The summed E-state index contributed by atoms with van der Waals surface area (Å²) in [5.74, 6) is 1.55. The third-order valence-electron chi connectivity index (χ3n) is 5.45. The van der Waals surface area contributed by atoms with Crippen LogP contribution in [-0.2, 0) is 4.79 Å². The zero-order valence-electron chi connectivity index (χ0n) is 14.2. The minimum absolute atomic E-state index is 0.0326. The van der Waals surface area contributed by atoms with Crippen molar-refractivity contribution in [2.75, 3.05) is 0 Å². The highest BCUT2D eigenvalue weighted by molar-refractivity contribution is 6.32. The van der Waals surface area contributed by atoms with Gasteiger partial charge in [0, 0.05) is 12.1 Å². The molecule has 3 atom stereocenters. The van der Waals surface area contributed by atoms with E-state index in [1.54, 1.807) is 12.1 Å². The molecule has 1 amide bonds. The number of hydrogen-bond acceptors (Lipinski definition) is 3. The van der Waals surface area contributed by atoms with Crippen molar-refractivity contribution in [2.24, 2.45) is 17.6 Å². The van der Waals surface area contributed by atoms with Gasteiger partial charge in [0.25, 0.3) is 5.91 Å². The number of fused-ring (bicyclic) bond motifs is 2. The van der Waals surface area contributed by atoms with Gasteiger partial charge in [0.2, 0.25) is 0 Å². The topological polar surface area (TPSA) is 64.3 Å². The number of carbonyl (C=O) groups excluding carboxylic acids is 1. The summed E-state index contributed by atoms with van der Waals surface area (Å²) < 4.78 is 5.87. The zero-order chi connectivity index (χ0) is 17.1. The maximum absolute atomic E-state index is 12.8. The minimum atomic E-state index is -0.513. The van der Waals surface area contributed by atoms with Gasteiger partial charge in [-0.3, -0.25) is 4.79 Å². The van der Waals surface area contributed by atoms with Crippen LogP contribution in [-0.4, -0.2) is 24.1 Å². The number of rotatable bonds is 5. The third-order valence-corrected chi connectivity index (χ3v) is 5.77. The van der Waals surface area contributed by atoms with E-state index in [-0.39, 0.29) is 18.0 Å². The Morgan fingerprint density at radius 3 is 2.62 bits per heavy atom. The van der Waals surface area contributed by atoms with Crippen molar-refractivity contribution < 1.29 is 9.53 Å². The Hall–Kier alpha value is -1.26. The molecule has 1 aromatic carbocycles. The second-order valence-corrected chi connectivity index (χ2v) is 7.57. The molecule has 0 aromatic heterocycles. The molecule has 2 fully saturated rings. The number of carbonyl (C=O) groups is 1. The Morgan fingerprint density at radius 2 is 2.00 bits per heavy atom. The quantitative estimate of drug-likeness (QED) is 0.854. The fourth-order valence-corrected chi connectivity index (χ4v) is 4.48. The monoisotopic (exact) mass is 350 g/mol. The summed E-state index contributed by atoms with van der Waals surface area (Å²) in [5, 5.41) is 3.80. The van der Waals surface area contributed by atoms with Gasteiger partial charge in [-0.25, -0.2) is 0 Å². The van der Waals surface area contributed by atoms with Crippen LogP contribution in [0, 0.1) is 11.8 Å². The molecule has 0 heterocycles. The first-order chi connectivity index (χ1) is 11.6. The van der Waals surface area contributed by atoms with E-state index in [9.17, 15) is 4.79 Å². The standard InChI is InChI=1S/C19H27ClN2O2/c1-2-16(24-17-9-4-3-8-15(17)20)19(23)22-18-12-6-5-7-13(18)11-14(21)10-12/h3-4,8-9,12-14,16,18H,2,5-7,10-11,21H2,1H3,(H,22,23). The lowest BCUT2D eigenvalue weighted by molar-refractivity contribution is -0.130. The molecule has 5 heteroatoms. The molecule has 2 saturated carbocycles. The van der Waals surface area contributed by atoms with Gasteiger partial charge in [-0.05, 0) is 56.1 Å². The average Bonchev–Trinajstić information content (AvgIpc) is 2.55. The number of amides is 1. The molecule has 3 N–H and O–H groups in total. The van der Waals surface area contributed by atoms with Gasteiger partial charge in [0.1, 0.15) is 5.75 Å². The molecule has 2 aliphatic carbocycles. The Morgan fingerprint density at radius 1 is 1.33 bits per heavy atom. The fourth-order valence-electron chi connectivity index (χ4n) is 4.30. The third kappa shape index (κ3) is 3.86. The van der Waals surface area contributed by atoms with Crippen LogP contribution in [0.1, 0.15) is 45.4 Å². The van der Waals surface area contributed by atoms with Crippen LogP contribution in [0.15, 0.2) is 24.3 Å². The van der Waals surface area contributed by atoms with Gasteiger partial charge in [0.05, 0.1) is 5.02 Å². The van der Waals surface area contributed by atoms with Crippen LogP contribution in [0.3, 0.4) is 0 Å². The van der Waals surface area contributed by atoms with E-state index in [1.807, 2.05) is 19.1 Å². The summed E-state index contributed by atoms with van der Waals surface area (Å²) in [6.45, 7) is 1.96. The van der Waals surface area contributed by atoms with Crippen molar-refractivity contribution in [3.8, 4) is 5.75 Å². The highest BCUT2D eigenvalue weighted by atomic mass is 35.5. The molecule has 4 nitrogen and oxygen atoms in total. The van der Waals surface area contributed by atoms with Crippen LogP contribution >= 0.6 is 11.6 Å². The van der Waals surface area contributed by atoms with Crippen molar-refractivity contribution in [3.05, 3.63) is 29.3 Å². The lowest BCUT2D eigenvalue weighted by Gasteiger charge is -2.45. The SMILES string of the molecule is CCC(Oc1ccccc1Cl)C(=O)NC1C2CCCC1CC(N)C2. The molecule has 0 spiro atoms.